The summed E-state index contributed by atoms with van der Waals surface area (Å²) in [5.41, 5.74) is 0. The first kappa shape index (κ1) is 14.3. The molecule has 0 aromatic carbocycles. The number of hydrogen-bond acceptors (Lipinski definition) is 2. The highest BCUT2D eigenvalue weighted by Crippen LogP contribution is 2.39. The summed E-state index contributed by atoms with van der Waals surface area (Å²) in [6.45, 7) is 8.36. The zero-order valence-electron chi connectivity index (χ0n) is 11.1. The summed E-state index contributed by atoms with van der Waals surface area (Å²) >= 11 is 1.84. The van der Waals surface area contributed by atoms with Crippen molar-refractivity contribution >= 4 is 11.9 Å². The van der Waals surface area contributed by atoms with Crippen LogP contribution in [0.1, 0.15) is 53.4 Å². The third-order valence-electron chi connectivity index (χ3n) is 3.47. The summed E-state index contributed by atoms with van der Waals surface area (Å²) in [5.74, 6) is 1.97. The molecule has 1 aliphatic rings. The van der Waals surface area contributed by atoms with Crippen molar-refractivity contribution in [2.24, 2.45) is 5.92 Å². The Labute approximate surface area is 104 Å². The Kier molecular flexibility index (Phi) is 6.12. The first-order valence-corrected chi connectivity index (χ1v) is 7.57. The van der Waals surface area contributed by atoms with Gasteiger partial charge in [-0.15, -0.1) is 0 Å². The largest absolute Gasteiger partial charge is 0.246 e. The van der Waals surface area contributed by atoms with Crippen molar-refractivity contribution in [3.8, 4) is 0 Å². The van der Waals surface area contributed by atoms with E-state index in [9.17, 15) is 4.39 Å². The second-order valence-corrected chi connectivity index (χ2v) is 6.23. The fourth-order valence-corrected chi connectivity index (χ4v) is 3.73. The average molecular weight is 247 g/mol. The van der Waals surface area contributed by atoms with E-state index in [4.69, 9.17) is 0 Å². The van der Waals surface area contributed by atoms with Gasteiger partial charge in [0.1, 0.15) is 6.17 Å². The van der Waals surface area contributed by atoms with Crippen LogP contribution in [0.5, 0.6) is 0 Å². The molecule has 1 saturated heterocycles. The van der Waals surface area contributed by atoms with Crippen LogP contribution in [-0.4, -0.2) is 28.3 Å². The fourth-order valence-electron chi connectivity index (χ4n) is 2.19. The van der Waals surface area contributed by atoms with Crippen molar-refractivity contribution in [1.82, 2.24) is 4.31 Å². The number of unbranched alkanes of at least 4 members (excludes halogenated alkanes) is 1. The molecule has 1 aliphatic heterocycles. The molecule has 5 atom stereocenters. The lowest BCUT2D eigenvalue weighted by atomic mass is 10.0. The Morgan fingerprint density at radius 2 is 2.00 bits per heavy atom. The monoisotopic (exact) mass is 247 g/mol. The quantitative estimate of drug-likeness (QED) is 0.465. The highest BCUT2D eigenvalue weighted by molar-refractivity contribution is 7.97. The van der Waals surface area contributed by atoms with E-state index in [1.165, 1.54) is 25.7 Å². The molecule has 1 rings (SSSR count). The molecule has 0 radical (unpaired) electrons. The number of hydrogen-bond donors (Lipinski definition) is 0. The second-order valence-electron chi connectivity index (χ2n) is 5.14. The van der Waals surface area contributed by atoms with Crippen molar-refractivity contribution in [2.45, 2.75) is 71.6 Å². The van der Waals surface area contributed by atoms with Crippen LogP contribution in [0.4, 0.5) is 4.39 Å². The molecule has 1 heterocycles. The van der Waals surface area contributed by atoms with E-state index in [0.29, 0.717) is 6.04 Å². The molecule has 0 bridgehead atoms. The molecule has 1 nitrogen and oxygen atoms in total. The summed E-state index contributed by atoms with van der Waals surface area (Å²) in [4.78, 5) is 0. The van der Waals surface area contributed by atoms with Crippen LogP contribution < -0.4 is 0 Å². The minimum absolute atomic E-state index is 0.177. The Bertz CT molecular complexity index is 198. The van der Waals surface area contributed by atoms with Crippen LogP contribution in [0.15, 0.2) is 0 Å². The number of rotatable bonds is 8. The van der Waals surface area contributed by atoms with Gasteiger partial charge in [-0.1, -0.05) is 45.1 Å². The van der Waals surface area contributed by atoms with E-state index in [-0.39, 0.29) is 6.04 Å². The molecule has 16 heavy (non-hydrogen) atoms. The summed E-state index contributed by atoms with van der Waals surface area (Å²) < 4.78 is 15.3. The van der Waals surface area contributed by atoms with Crippen LogP contribution in [0, 0.1) is 5.92 Å². The SMILES string of the molecule is CCCCC(C)CCSN1C(C)C1C(C)F. The van der Waals surface area contributed by atoms with E-state index in [1.54, 1.807) is 6.92 Å². The maximum absolute atomic E-state index is 13.1. The highest BCUT2D eigenvalue weighted by atomic mass is 32.2. The van der Waals surface area contributed by atoms with Crippen molar-refractivity contribution in [1.29, 1.82) is 0 Å². The van der Waals surface area contributed by atoms with Gasteiger partial charge in [-0.25, -0.2) is 8.70 Å². The molecule has 0 spiro atoms. The van der Waals surface area contributed by atoms with Gasteiger partial charge in [0.25, 0.3) is 0 Å². The maximum atomic E-state index is 13.1. The molecule has 0 amide bonds. The molecule has 5 unspecified atom stereocenters. The Balaban J connectivity index is 2.04. The third kappa shape index (κ3) is 4.25. The van der Waals surface area contributed by atoms with Gasteiger partial charge in [0.2, 0.25) is 0 Å². The topological polar surface area (TPSA) is 3.01 Å². The predicted octanol–water partition coefficient (Wildman–Crippen LogP) is 4.28. The van der Waals surface area contributed by atoms with E-state index < -0.39 is 6.17 Å². The number of halogens is 1. The number of nitrogens with zero attached hydrogens (tertiary/aromatic N) is 1. The zero-order valence-corrected chi connectivity index (χ0v) is 11.9. The lowest BCUT2D eigenvalue weighted by Crippen LogP contribution is -2.07. The van der Waals surface area contributed by atoms with E-state index in [2.05, 4.69) is 25.1 Å². The van der Waals surface area contributed by atoms with Gasteiger partial charge >= 0.3 is 0 Å². The summed E-state index contributed by atoms with van der Waals surface area (Å²) in [6.07, 6.45) is 4.56. The van der Waals surface area contributed by atoms with Crippen LogP contribution >= 0.6 is 11.9 Å². The molecule has 0 aliphatic carbocycles. The normalized spacial score (nSPS) is 32.4. The predicted molar refractivity (Wildman–Crippen MR) is 71.4 cm³/mol. The molecule has 96 valence electrons. The van der Waals surface area contributed by atoms with Crippen LogP contribution in [0.3, 0.4) is 0 Å². The molecular formula is C13H26FNS. The van der Waals surface area contributed by atoms with E-state index in [0.717, 1.165) is 11.7 Å². The summed E-state index contributed by atoms with van der Waals surface area (Å²) in [6, 6.07) is 0.617. The molecule has 3 heteroatoms. The van der Waals surface area contributed by atoms with Crippen LogP contribution in [-0.2, 0) is 0 Å². The fraction of sp³-hybridized carbons (Fsp3) is 1.00. The van der Waals surface area contributed by atoms with Crippen molar-refractivity contribution < 1.29 is 4.39 Å². The van der Waals surface area contributed by atoms with Crippen LogP contribution in [0.2, 0.25) is 0 Å². The molecule has 1 fully saturated rings. The Morgan fingerprint density at radius 3 is 2.50 bits per heavy atom. The second kappa shape index (κ2) is 6.85. The van der Waals surface area contributed by atoms with Gasteiger partial charge < -0.3 is 0 Å². The minimum Gasteiger partial charge on any atom is -0.246 e. The Morgan fingerprint density at radius 1 is 1.31 bits per heavy atom. The first-order chi connectivity index (χ1) is 7.57. The minimum atomic E-state index is -0.681. The van der Waals surface area contributed by atoms with Crippen LogP contribution in [0.25, 0.3) is 0 Å². The lowest BCUT2D eigenvalue weighted by molar-refractivity contribution is 0.340. The van der Waals surface area contributed by atoms with Gasteiger partial charge in [-0.3, -0.25) is 0 Å². The van der Waals surface area contributed by atoms with E-state index >= 15 is 0 Å². The van der Waals surface area contributed by atoms with Gasteiger partial charge in [0.05, 0.1) is 6.04 Å². The average Bonchev–Trinajstić information content (AvgIpc) is 2.86. The maximum Gasteiger partial charge on any atom is 0.115 e. The molecule has 0 aromatic rings. The van der Waals surface area contributed by atoms with Gasteiger partial charge in [-0.05, 0) is 26.2 Å². The highest BCUT2D eigenvalue weighted by Gasteiger charge is 2.48. The van der Waals surface area contributed by atoms with Gasteiger partial charge in [0.15, 0.2) is 0 Å². The van der Waals surface area contributed by atoms with E-state index in [1.807, 2.05) is 11.9 Å². The van der Waals surface area contributed by atoms with Crippen molar-refractivity contribution in [2.75, 3.05) is 5.75 Å². The molecule has 0 saturated carbocycles. The standard InChI is InChI=1S/C13H26FNS/c1-5-6-7-10(2)8-9-16-15-12(4)13(15)11(3)14/h10-13H,5-9H2,1-4H3. The van der Waals surface area contributed by atoms with Gasteiger partial charge in [-0.2, -0.15) is 0 Å². The number of alkyl halides is 1. The third-order valence-corrected chi connectivity index (χ3v) is 4.76. The first-order valence-electron chi connectivity index (χ1n) is 6.63. The summed E-state index contributed by atoms with van der Waals surface area (Å²) in [7, 11) is 0. The Hall–Kier alpha value is 0.240. The molecule has 0 N–H and O–H groups in total. The van der Waals surface area contributed by atoms with Gasteiger partial charge in [0, 0.05) is 11.8 Å². The van der Waals surface area contributed by atoms with Crippen molar-refractivity contribution in [3.05, 3.63) is 0 Å². The van der Waals surface area contributed by atoms with Crippen molar-refractivity contribution in [3.63, 3.8) is 0 Å². The molecule has 0 aromatic heterocycles. The smallest absolute Gasteiger partial charge is 0.115 e. The zero-order chi connectivity index (χ0) is 12.1. The summed E-state index contributed by atoms with van der Waals surface area (Å²) in [5, 5.41) is 0. The molecular weight excluding hydrogens is 221 g/mol. The lowest BCUT2D eigenvalue weighted by Gasteiger charge is -2.10.